The maximum absolute atomic E-state index is 11.2. The van der Waals surface area contributed by atoms with E-state index >= 15 is 0 Å². The number of ether oxygens (including phenoxy) is 1. The Bertz CT molecular complexity index is 443. The van der Waals surface area contributed by atoms with Crippen LogP contribution in [-0.4, -0.2) is 23.7 Å². The van der Waals surface area contributed by atoms with Gasteiger partial charge in [0.05, 0.1) is 12.0 Å². The molecule has 4 nitrogen and oxygen atoms in total. The molecule has 0 saturated heterocycles. The third kappa shape index (κ3) is 6.63. The van der Waals surface area contributed by atoms with E-state index in [0.717, 1.165) is 11.3 Å². The van der Waals surface area contributed by atoms with E-state index in [1.807, 2.05) is 52.0 Å². The number of rotatable bonds is 9. The summed E-state index contributed by atoms with van der Waals surface area (Å²) in [5.41, 5.74) is 1.06. The second-order valence-electron chi connectivity index (χ2n) is 6.07. The van der Waals surface area contributed by atoms with Gasteiger partial charge in [-0.1, -0.05) is 32.0 Å². The minimum absolute atomic E-state index is 0.124. The first-order chi connectivity index (χ1) is 9.90. The Morgan fingerprint density at radius 1 is 1.24 bits per heavy atom. The monoisotopic (exact) mass is 293 g/mol. The van der Waals surface area contributed by atoms with Gasteiger partial charge >= 0.3 is 5.97 Å². The summed E-state index contributed by atoms with van der Waals surface area (Å²) in [6.07, 6.45) is 0.811. The molecule has 1 unspecified atom stereocenters. The molecular formula is C17H27NO3. The van der Waals surface area contributed by atoms with Crippen molar-refractivity contribution in [2.75, 3.05) is 6.54 Å². The van der Waals surface area contributed by atoms with Gasteiger partial charge in [0.1, 0.15) is 5.75 Å². The Labute approximate surface area is 127 Å². The van der Waals surface area contributed by atoms with Crippen molar-refractivity contribution in [1.82, 2.24) is 5.32 Å². The van der Waals surface area contributed by atoms with Crippen LogP contribution in [0.15, 0.2) is 24.3 Å². The molecule has 1 aromatic carbocycles. The lowest BCUT2D eigenvalue weighted by Gasteiger charge is -2.17. The highest BCUT2D eigenvalue weighted by atomic mass is 16.5. The average Bonchev–Trinajstić information content (AvgIpc) is 2.38. The average molecular weight is 293 g/mol. The fourth-order valence-corrected chi connectivity index (χ4v) is 2.24. The Kier molecular flexibility index (Phi) is 7.23. The molecule has 0 fully saturated rings. The minimum Gasteiger partial charge on any atom is -0.491 e. The second kappa shape index (κ2) is 8.67. The Hall–Kier alpha value is -1.55. The normalized spacial score (nSPS) is 12.7. The van der Waals surface area contributed by atoms with E-state index in [1.54, 1.807) is 0 Å². The molecule has 0 aliphatic carbocycles. The van der Waals surface area contributed by atoms with Crippen LogP contribution in [0.2, 0.25) is 0 Å². The summed E-state index contributed by atoms with van der Waals surface area (Å²) in [5, 5.41) is 12.5. The Morgan fingerprint density at radius 3 is 2.48 bits per heavy atom. The summed E-state index contributed by atoms with van der Waals surface area (Å²) < 4.78 is 5.76. The number of carboxylic acid groups (broad SMARTS) is 1. The van der Waals surface area contributed by atoms with Crippen molar-refractivity contribution in [2.45, 2.75) is 46.8 Å². The summed E-state index contributed by atoms with van der Waals surface area (Å²) in [6, 6.07) is 7.86. The van der Waals surface area contributed by atoms with Gasteiger partial charge < -0.3 is 15.2 Å². The molecule has 0 aromatic heterocycles. The number of carbonyl (C=O) groups is 1. The van der Waals surface area contributed by atoms with Gasteiger partial charge in [0.2, 0.25) is 0 Å². The van der Waals surface area contributed by atoms with Crippen molar-refractivity contribution in [1.29, 1.82) is 0 Å². The summed E-state index contributed by atoms with van der Waals surface area (Å²) in [7, 11) is 0. The number of carboxylic acids is 1. The molecule has 0 aliphatic rings. The van der Waals surface area contributed by atoms with Crippen LogP contribution in [0.4, 0.5) is 0 Å². The summed E-state index contributed by atoms with van der Waals surface area (Å²) in [6.45, 7) is 9.17. The van der Waals surface area contributed by atoms with Crippen LogP contribution in [0.25, 0.3) is 0 Å². The second-order valence-corrected chi connectivity index (χ2v) is 6.07. The van der Waals surface area contributed by atoms with Crippen molar-refractivity contribution in [2.24, 2.45) is 11.8 Å². The van der Waals surface area contributed by atoms with E-state index in [9.17, 15) is 9.90 Å². The lowest BCUT2D eigenvalue weighted by atomic mass is 9.97. The van der Waals surface area contributed by atoms with Gasteiger partial charge in [0.15, 0.2) is 0 Å². The molecule has 2 N–H and O–H groups in total. The standard InChI is InChI=1S/C17H27NO3/c1-12(2)9-15(17(19)20)11-18-10-14-7-5-6-8-16(14)21-13(3)4/h5-8,12-13,15,18H,9-11H2,1-4H3,(H,19,20). The SMILES string of the molecule is CC(C)CC(CNCc1ccccc1OC(C)C)C(=O)O. The number of benzene rings is 1. The van der Waals surface area contributed by atoms with Gasteiger partial charge in [-0.3, -0.25) is 4.79 Å². The number of para-hydroxylation sites is 1. The first kappa shape index (κ1) is 17.5. The molecule has 0 bridgehead atoms. The van der Waals surface area contributed by atoms with Crippen molar-refractivity contribution >= 4 is 5.97 Å². The molecule has 4 heteroatoms. The molecule has 0 spiro atoms. The fourth-order valence-electron chi connectivity index (χ4n) is 2.24. The third-order valence-electron chi connectivity index (χ3n) is 3.15. The first-order valence-electron chi connectivity index (χ1n) is 7.58. The number of hydrogen-bond acceptors (Lipinski definition) is 3. The van der Waals surface area contributed by atoms with E-state index < -0.39 is 5.97 Å². The van der Waals surface area contributed by atoms with E-state index in [0.29, 0.717) is 25.4 Å². The van der Waals surface area contributed by atoms with E-state index in [-0.39, 0.29) is 12.0 Å². The van der Waals surface area contributed by atoms with Crippen molar-refractivity contribution in [3.8, 4) is 5.75 Å². The Balaban J connectivity index is 2.56. The lowest BCUT2D eigenvalue weighted by molar-refractivity contribution is -0.142. The highest BCUT2D eigenvalue weighted by Gasteiger charge is 2.18. The highest BCUT2D eigenvalue weighted by Crippen LogP contribution is 2.19. The summed E-state index contributed by atoms with van der Waals surface area (Å²) >= 11 is 0. The number of hydrogen-bond donors (Lipinski definition) is 2. The van der Waals surface area contributed by atoms with Crippen molar-refractivity contribution in [3.63, 3.8) is 0 Å². The molecule has 118 valence electrons. The topological polar surface area (TPSA) is 58.6 Å². The van der Waals surface area contributed by atoms with Crippen LogP contribution in [0, 0.1) is 11.8 Å². The molecule has 21 heavy (non-hydrogen) atoms. The van der Waals surface area contributed by atoms with Crippen LogP contribution < -0.4 is 10.1 Å². The lowest BCUT2D eigenvalue weighted by Crippen LogP contribution is -2.29. The molecular weight excluding hydrogens is 266 g/mol. The van der Waals surface area contributed by atoms with Crippen LogP contribution in [0.5, 0.6) is 5.75 Å². The zero-order valence-electron chi connectivity index (χ0n) is 13.4. The summed E-state index contributed by atoms with van der Waals surface area (Å²) in [4.78, 5) is 11.2. The van der Waals surface area contributed by atoms with Crippen molar-refractivity contribution < 1.29 is 14.6 Å². The maximum Gasteiger partial charge on any atom is 0.307 e. The van der Waals surface area contributed by atoms with E-state index in [4.69, 9.17) is 4.74 Å². The van der Waals surface area contributed by atoms with E-state index in [1.165, 1.54) is 0 Å². The first-order valence-corrected chi connectivity index (χ1v) is 7.58. The predicted molar refractivity (Wildman–Crippen MR) is 84.5 cm³/mol. The molecule has 1 rings (SSSR count). The maximum atomic E-state index is 11.2. The highest BCUT2D eigenvalue weighted by molar-refractivity contribution is 5.70. The van der Waals surface area contributed by atoms with Crippen LogP contribution >= 0.6 is 0 Å². The smallest absolute Gasteiger partial charge is 0.307 e. The zero-order chi connectivity index (χ0) is 15.8. The van der Waals surface area contributed by atoms with Crippen LogP contribution in [0.1, 0.15) is 39.7 Å². The molecule has 1 atom stereocenters. The van der Waals surface area contributed by atoms with E-state index in [2.05, 4.69) is 5.32 Å². The number of aliphatic carboxylic acids is 1. The fraction of sp³-hybridized carbons (Fsp3) is 0.588. The van der Waals surface area contributed by atoms with Gasteiger partial charge in [0.25, 0.3) is 0 Å². The molecule has 0 saturated carbocycles. The molecule has 0 aliphatic heterocycles. The Morgan fingerprint density at radius 2 is 1.90 bits per heavy atom. The molecule has 0 radical (unpaired) electrons. The van der Waals surface area contributed by atoms with Gasteiger partial charge in [-0.2, -0.15) is 0 Å². The van der Waals surface area contributed by atoms with Gasteiger partial charge in [-0.25, -0.2) is 0 Å². The van der Waals surface area contributed by atoms with Gasteiger partial charge in [-0.15, -0.1) is 0 Å². The predicted octanol–water partition coefficient (Wildman–Crippen LogP) is 3.31. The van der Waals surface area contributed by atoms with Gasteiger partial charge in [0, 0.05) is 18.7 Å². The van der Waals surface area contributed by atoms with Crippen molar-refractivity contribution in [3.05, 3.63) is 29.8 Å². The largest absolute Gasteiger partial charge is 0.491 e. The number of nitrogens with one attached hydrogen (secondary N) is 1. The van der Waals surface area contributed by atoms with Crippen LogP contribution in [0.3, 0.4) is 0 Å². The molecule has 0 amide bonds. The third-order valence-corrected chi connectivity index (χ3v) is 3.15. The summed E-state index contributed by atoms with van der Waals surface area (Å²) in [5.74, 6) is 0.159. The molecule has 1 aromatic rings. The quantitative estimate of drug-likeness (QED) is 0.733. The zero-order valence-corrected chi connectivity index (χ0v) is 13.4. The van der Waals surface area contributed by atoms with Gasteiger partial charge in [-0.05, 0) is 32.3 Å². The van der Waals surface area contributed by atoms with Crippen LogP contribution in [-0.2, 0) is 11.3 Å². The minimum atomic E-state index is -0.733. The molecule has 0 heterocycles.